The molecule has 1 aromatic carbocycles. The van der Waals surface area contributed by atoms with Gasteiger partial charge in [0.2, 0.25) is 0 Å². The number of pyridine rings is 1. The molecule has 0 amide bonds. The summed E-state index contributed by atoms with van der Waals surface area (Å²) in [6.07, 6.45) is 1.49. The molecule has 1 aromatic heterocycles. The Morgan fingerprint density at radius 3 is 2.39 bits per heavy atom. The normalized spacial score (nSPS) is 10.4. The Balaban J connectivity index is 2.79. The Bertz CT molecular complexity index is 657. The maximum Gasteiger partial charge on any atom is 0.192 e. The highest BCUT2D eigenvalue weighted by molar-refractivity contribution is 5.74. The average molecular weight is 249 g/mol. The summed E-state index contributed by atoms with van der Waals surface area (Å²) in [6.45, 7) is 1.53. The number of nitrogens with zero attached hydrogens (tertiary/aromatic N) is 1. The van der Waals surface area contributed by atoms with Crippen LogP contribution in [0.5, 0.6) is 0 Å². The third kappa shape index (κ3) is 1.95. The van der Waals surface area contributed by atoms with Crippen molar-refractivity contribution in [3.8, 4) is 5.69 Å². The van der Waals surface area contributed by atoms with Crippen LogP contribution < -0.4 is 5.43 Å². The van der Waals surface area contributed by atoms with Gasteiger partial charge in [-0.25, -0.2) is 8.78 Å². The molecule has 5 heteroatoms. The van der Waals surface area contributed by atoms with Crippen LogP contribution in [0, 0.1) is 18.6 Å². The average Bonchev–Trinajstić information content (AvgIpc) is 2.31. The summed E-state index contributed by atoms with van der Waals surface area (Å²) in [4.78, 5) is 22.1. The third-order valence-corrected chi connectivity index (χ3v) is 2.58. The molecule has 0 aliphatic carbocycles. The Hall–Kier alpha value is -2.30. The van der Waals surface area contributed by atoms with Crippen LogP contribution in [0.3, 0.4) is 0 Å². The molecule has 0 radical (unpaired) electrons. The predicted molar refractivity (Wildman–Crippen MR) is 62.1 cm³/mol. The molecule has 0 saturated heterocycles. The number of benzene rings is 1. The first-order chi connectivity index (χ1) is 8.54. The summed E-state index contributed by atoms with van der Waals surface area (Å²) >= 11 is 0. The van der Waals surface area contributed by atoms with Crippen molar-refractivity contribution >= 4 is 6.29 Å². The van der Waals surface area contributed by atoms with Crippen LogP contribution in [-0.4, -0.2) is 10.9 Å². The van der Waals surface area contributed by atoms with E-state index in [2.05, 4.69) is 0 Å². The van der Waals surface area contributed by atoms with Gasteiger partial charge in [-0.1, -0.05) is 6.07 Å². The summed E-state index contributed by atoms with van der Waals surface area (Å²) in [7, 11) is 0. The Kier molecular flexibility index (Phi) is 3.06. The Morgan fingerprint density at radius 1 is 1.22 bits per heavy atom. The Morgan fingerprint density at radius 2 is 1.83 bits per heavy atom. The summed E-state index contributed by atoms with van der Waals surface area (Å²) in [5.41, 5.74) is -0.591. The SMILES string of the molecule is Cc1cc(=O)c(C=O)cn1-c1c(F)cccc1F. The van der Waals surface area contributed by atoms with E-state index in [1.165, 1.54) is 13.0 Å². The number of hydrogen-bond acceptors (Lipinski definition) is 2. The van der Waals surface area contributed by atoms with Gasteiger partial charge >= 0.3 is 0 Å². The highest BCUT2D eigenvalue weighted by atomic mass is 19.1. The first-order valence-electron chi connectivity index (χ1n) is 5.17. The molecule has 2 aromatic rings. The van der Waals surface area contributed by atoms with E-state index < -0.39 is 17.1 Å². The van der Waals surface area contributed by atoms with Gasteiger partial charge in [-0.2, -0.15) is 0 Å². The summed E-state index contributed by atoms with van der Waals surface area (Å²) in [5.74, 6) is -1.53. The van der Waals surface area contributed by atoms with E-state index in [9.17, 15) is 18.4 Å². The predicted octanol–water partition coefficient (Wildman–Crippen LogP) is 2.24. The number of aldehydes is 1. The zero-order chi connectivity index (χ0) is 13.3. The molecule has 18 heavy (non-hydrogen) atoms. The minimum atomic E-state index is -0.765. The molecule has 92 valence electrons. The lowest BCUT2D eigenvalue weighted by atomic mass is 10.2. The smallest absolute Gasteiger partial charge is 0.192 e. The molecule has 0 atom stereocenters. The van der Waals surface area contributed by atoms with Crippen molar-refractivity contribution in [2.24, 2.45) is 0 Å². The van der Waals surface area contributed by atoms with Gasteiger partial charge in [0, 0.05) is 18.0 Å². The van der Waals surface area contributed by atoms with Gasteiger partial charge in [-0.05, 0) is 19.1 Å². The van der Waals surface area contributed by atoms with Crippen LogP contribution >= 0.6 is 0 Å². The first kappa shape index (κ1) is 12.2. The van der Waals surface area contributed by atoms with Crippen LogP contribution in [0.4, 0.5) is 8.78 Å². The molecule has 1 heterocycles. The minimum absolute atomic E-state index is 0.150. The fourth-order valence-corrected chi connectivity index (χ4v) is 1.70. The number of para-hydroxylation sites is 1. The molecular weight excluding hydrogens is 240 g/mol. The van der Waals surface area contributed by atoms with Crippen molar-refractivity contribution in [2.45, 2.75) is 6.92 Å². The molecule has 0 bridgehead atoms. The number of aryl methyl sites for hydroxylation is 1. The fourth-order valence-electron chi connectivity index (χ4n) is 1.70. The quantitative estimate of drug-likeness (QED) is 0.765. The fraction of sp³-hybridized carbons (Fsp3) is 0.0769. The number of carbonyl (C=O) groups excluding carboxylic acids is 1. The zero-order valence-corrected chi connectivity index (χ0v) is 9.48. The van der Waals surface area contributed by atoms with E-state index in [0.717, 1.165) is 29.0 Å². The standard InChI is InChI=1S/C13H9F2NO2/c1-8-5-12(18)9(7-17)6-16(8)13-10(14)3-2-4-11(13)15/h2-7H,1H3. The zero-order valence-electron chi connectivity index (χ0n) is 9.48. The van der Waals surface area contributed by atoms with E-state index in [4.69, 9.17) is 0 Å². The monoisotopic (exact) mass is 249 g/mol. The van der Waals surface area contributed by atoms with Gasteiger partial charge < -0.3 is 4.57 Å². The molecule has 0 aliphatic heterocycles. The van der Waals surface area contributed by atoms with E-state index in [0.29, 0.717) is 12.0 Å². The van der Waals surface area contributed by atoms with Crippen LogP contribution in [0.2, 0.25) is 0 Å². The molecule has 0 unspecified atom stereocenters. The van der Waals surface area contributed by atoms with E-state index in [1.54, 1.807) is 0 Å². The van der Waals surface area contributed by atoms with Crippen LogP contribution in [0.25, 0.3) is 5.69 Å². The lowest BCUT2D eigenvalue weighted by molar-refractivity contribution is 0.112. The molecule has 2 rings (SSSR count). The number of halogens is 2. The molecular formula is C13H9F2NO2. The topological polar surface area (TPSA) is 39.1 Å². The maximum atomic E-state index is 13.6. The van der Waals surface area contributed by atoms with Gasteiger partial charge in [0.05, 0.1) is 5.56 Å². The molecule has 3 nitrogen and oxygen atoms in total. The third-order valence-electron chi connectivity index (χ3n) is 2.58. The highest BCUT2D eigenvalue weighted by Crippen LogP contribution is 2.18. The van der Waals surface area contributed by atoms with Gasteiger partial charge in [0.25, 0.3) is 0 Å². The number of hydrogen-bond donors (Lipinski definition) is 0. The highest BCUT2D eigenvalue weighted by Gasteiger charge is 2.13. The van der Waals surface area contributed by atoms with Gasteiger partial charge in [-0.15, -0.1) is 0 Å². The van der Waals surface area contributed by atoms with Crippen LogP contribution in [0.15, 0.2) is 35.3 Å². The van der Waals surface area contributed by atoms with Crippen molar-refractivity contribution in [3.63, 3.8) is 0 Å². The van der Waals surface area contributed by atoms with Crippen LogP contribution in [-0.2, 0) is 0 Å². The lowest BCUT2D eigenvalue weighted by Gasteiger charge is -2.12. The largest absolute Gasteiger partial charge is 0.315 e. The van der Waals surface area contributed by atoms with Crippen molar-refractivity contribution in [1.29, 1.82) is 0 Å². The van der Waals surface area contributed by atoms with Crippen molar-refractivity contribution in [3.05, 3.63) is 63.6 Å². The summed E-state index contributed by atoms with van der Waals surface area (Å²) in [6, 6.07) is 4.62. The molecule has 0 N–H and O–H groups in total. The first-order valence-corrected chi connectivity index (χ1v) is 5.17. The minimum Gasteiger partial charge on any atom is -0.315 e. The van der Waals surface area contributed by atoms with E-state index in [1.807, 2.05) is 0 Å². The Labute approximate surface area is 101 Å². The van der Waals surface area contributed by atoms with Crippen molar-refractivity contribution in [1.82, 2.24) is 4.57 Å². The molecule has 0 fully saturated rings. The van der Waals surface area contributed by atoms with Crippen LogP contribution in [0.1, 0.15) is 16.1 Å². The number of aromatic nitrogens is 1. The number of carbonyl (C=O) groups is 1. The number of rotatable bonds is 2. The summed E-state index contributed by atoms with van der Waals surface area (Å²) in [5, 5.41) is 0. The second kappa shape index (κ2) is 4.52. The summed E-state index contributed by atoms with van der Waals surface area (Å²) < 4.78 is 28.4. The van der Waals surface area contributed by atoms with Gasteiger partial charge in [0.15, 0.2) is 11.7 Å². The molecule has 0 saturated carbocycles. The molecule has 0 spiro atoms. The van der Waals surface area contributed by atoms with Gasteiger partial charge in [0.1, 0.15) is 17.3 Å². The maximum absolute atomic E-state index is 13.6. The van der Waals surface area contributed by atoms with Crippen molar-refractivity contribution in [2.75, 3.05) is 0 Å². The second-order valence-corrected chi connectivity index (χ2v) is 3.79. The second-order valence-electron chi connectivity index (χ2n) is 3.79. The van der Waals surface area contributed by atoms with Crippen molar-refractivity contribution < 1.29 is 13.6 Å². The van der Waals surface area contributed by atoms with Gasteiger partial charge in [-0.3, -0.25) is 9.59 Å². The molecule has 0 aliphatic rings. The lowest BCUT2D eigenvalue weighted by Crippen LogP contribution is -2.15. The van der Waals surface area contributed by atoms with E-state index in [-0.39, 0.29) is 11.3 Å². The van der Waals surface area contributed by atoms with E-state index >= 15 is 0 Å².